The van der Waals surface area contributed by atoms with Gasteiger partial charge in [-0.3, -0.25) is 4.79 Å². The van der Waals surface area contributed by atoms with Crippen molar-refractivity contribution in [1.82, 2.24) is 0 Å². The van der Waals surface area contributed by atoms with E-state index in [0.29, 0.717) is 16.5 Å². The molecule has 0 amide bonds. The molecule has 1 aromatic carbocycles. The van der Waals surface area contributed by atoms with Crippen LogP contribution in [0.2, 0.25) is 0 Å². The van der Waals surface area contributed by atoms with E-state index in [9.17, 15) is 9.90 Å². The summed E-state index contributed by atoms with van der Waals surface area (Å²) in [5.74, 6) is -0.818. The van der Waals surface area contributed by atoms with E-state index in [1.165, 1.54) is 18.4 Å². The topological polar surface area (TPSA) is 70.7 Å². The molecule has 0 bridgehead atoms. The van der Waals surface area contributed by atoms with Gasteiger partial charge < -0.3 is 14.6 Å². The van der Waals surface area contributed by atoms with Gasteiger partial charge in [0.1, 0.15) is 11.3 Å². The number of phenolic OH excluding ortho intramolecular Hbond substituents is 1. The number of carboxylic acids is 1. The number of phenols is 1. The second-order valence-electron chi connectivity index (χ2n) is 3.01. The normalized spacial score (nSPS) is 10.6. The van der Waals surface area contributed by atoms with E-state index in [2.05, 4.69) is 0 Å². The van der Waals surface area contributed by atoms with E-state index in [1.807, 2.05) is 0 Å². The molecule has 4 nitrogen and oxygen atoms in total. The predicted molar refractivity (Wildman–Crippen MR) is 49.2 cm³/mol. The molecule has 1 aromatic heterocycles. The number of aromatic hydroxyl groups is 1. The number of aliphatic carboxylic acids is 1. The fourth-order valence-corrected chi connectivity index (χ4v) is 1.37. The Hall–Kier alpha value is -1.97. The van der Waals surface area contributed by atoms with Gasteiger partial charge in [-0.2, -0.15) is 0 Å². The molecule has 0 aliphatic heterocycles. The molecule has 0 aliphatic rings. The quantitative estimate of drug-likeness (QED) is 0.760. The maximum atomic E-state index is 10.5. The van der Waals surface area contributed by atoms with Crippen molar-refractivity contribution in [2.45, 2.75) is 6.42 Å². The van der Waals surface area contributed by atoms with E-state index in [-0.39, 0.29) is 12.2 Å². The third kappa shape index (κ3) is 1.42. The lowest BCUT2D eigenvalue weighted by Gasteiger charge is -1.93. The predicted octanol–water partition coefficient (Wildman–Crippen LogP) is 1.77. The molecule has 72 valence electrons. The van der Waals surface area contributed by atoms with Crippen molar-refractivity contribution < 1.29 is 19.4 Å². The summed E-state index contributed by atoms with van der Waals surface area (Å²) in [6.45, 7) is 0. The summed E-state index contributed by atoms with van der Waals surface area (Å²) in [7, 11) is 0. The van der Waals surface area contributed by atoms with Crippen molar-refractivity contribution in [1.29, 1.82) is 0 Å². The van der Waals surface area contributed by atoms with Crippen molar-refractivity contribution in [3.05, 3.63) is 30.0 Å². The summed E-state index contributed by atoms with van der Waals surface area (Å²) in [5.41, 5.74) is 1.16. The third-order valence-electron chi connectivity index (χ3n) is 1.98. The number of rotatable bonds is 2. The zero-order valence-corrected chi connectivity index (χ0v) is 7.23. The molecule has 0 atom stereocenters. The van der Waals surface area contributed by atoms with Crippen molar-refractivity contribution in [3.8, 4) is 5.75 Å². The van der Waals surface area contributed by atoms with Crippen molar-refractivity contribution in [2.75, 3.05) is 0 Å². The molecule has 14 heavy (non-hydrogen) atoms. The Kier molecular flexibility index (Phi) is 1.89. The first-order valence-corrected chi connectivity index (χ1v) is 4.07. The standard InChI is InChI=1S/C10H8O4/c11-7-1-2-9-8(4-7)6(5-14-9)3-10(12)13/h1-2,4-5,11H,3H2,(H,12,13). The Labute approximate surface area is 79.4 Å². The van der Waals surface area contributed by atoms with Crippen LogP contribution in [0.4, 0.5) is 0 Å². The molecular weight excluding hydrogens is 184 g/mol. The van der Waals surface area contributed by atoms with Crippen molar-refractivity contribution >= 4 is 16.9 Å². The summed E-state index contributed by atoms with van der Waals surface area (Å²) in [6.07, 6.45) is 1.30. The summed E-state index contributed by atoms with van der Waals surface area (Å²) in [6, 6.07) is 4.60. The van der Waals surface area contributed by atoms with Crippen LogP contribution in [-0.4, -0.2) is 16.2 Å². The van der Waals surface area contributed by atoms with Crippen LogP contribution in [0.5, 0.6) is 5.75 Å². The first kappa shape index (κ1) is 8.62. The highest BCUT2D eigenvalue weighted by molar-refractivity contribution is 5.86. The summed E-state index contributed by atoms with van der Waals surface area (Å²) in [4.78, 5) is 10.5. The van der Waals surface area contributed by atoms with Crippen LogP contribution in [0, 0.1) is 0 Å². The number of hydrogen-bond donors (Lipinski definition) is 2. The Bertz CT molecular complexity index is 484. The fraction of sp³-hybridized carbons (Fsp3) is 0.100. The molecule has 0 radical (unpaired) electrons. The minimum absolute atomic E-state index is 0.101. The highest BCUT2D eigenvalue weighted by Crippen LogP contribution is 2.25. The maximum Gasteiger partial charge on any atom is 0.307 e. The Balaban J connectivity index is 2.55. The highest BCUT2D eigenvalue weighted by atomic mass is 16.4. The Morgan fingerprint density at radius 1 is 1.43 bits per heavy atom. The third-order valence-corrected chi connectivity index (χ3v) is 1.98. The molecule has 2 rings (SSSR count). The van der Waals surface area contributed by atoms with Crippen LogP contribution >= 0.6 is 0 Å². The molecule has 0 saturated heterocycles. The van der Waals surface area contributed by atoms with E-state index in [1.54, 1.807) is 6.07 Å². The molecule has 0 saturated carbocycles. The minimum Gasteiger partial charge on any atom is -0.508 e. The first-order chi connectivity index (χ1) is 6.66. The molecule has 2 N–H and O–H groups in total. The number of carboxylic acid groups (broad SMARTS) is 1. The zero-order chi connectivity index (χ0) is 10.1. The van der Waals surface area contributed by atoms with Gasteiger partial charge in [-0.05, 0) is 18.2 Å². The van der Waals surface area contributed by atoms with Gasteiger partial charge >= 0.3 is 5.97 Å². The van der Waals surface area contributed by atoms with Gasteiger partial charge in [0, 0.05) is 10.9 Å². The van der Waals surface area contributed by atoms with Gasteiger partial charge in [0.25, 0.3) is 0 Å². The number of hydrogen-bond acceptors (Lipinski definition) is 3. The number of fused-ring (bicyclic) bond motifs is 1. The van der Waals surface area contributed by atoms with Gasteiger partial charge in [-0.25, -0.2) is 0 Å². The van der Waals surface area contributed by atoms with E-state index in [0.717, 1.165) is 0 Å². The van der Waals surface area contributed by atoms with E-state index < -0.39 is 5.97 Å². The number of benzene rings is 1. The second kappa shape index (κ2) is 3.06. The van der Waals surface area contributed by atoms with Gasteiger partial charge in [0.2, 0.25) is 0 Å². The lowest BCUT2D eigenvalue weighted by atomic mass is 10.1. The van der Waals surface area contributed by atoms with E-state index in [4.69, 9.17) is 9.52 Å². The highest BCUT2D eigenvalue weighted by Gasteiger charge is 2.09. The summed E-state index contributed by atoms with van der Waals surface area (Å²) in [5, 5.41) is 18.5. The van der Waals surface area contributed by atoms with Crippen molar-refractivity contribution in [2.24, 2.45) is 0 Å². The zero-order valence-electron chi connectivity index (χ0n) is 7.23. The monoisotopic (exact) mass is 192 g/mol. The minimum atomic E-state index is -0.920. The molecule has 0 aliphatic carbocycles. The smallest absolute Gasteiger partial charge is 0.307 e. The molecule has 1 heterocycles. The van der Waals surface area contributed by atoms with Crippen LogP contribution in [0.3, 0.4) is 0 Å². The van der Waals surface area contributed by atoms with Crippen LogP contribution in [0.1, 0.15) is 5.56 Å². The van der Waals surface area contributed by atoms with Crippen LogP contribution in [0.15, 0.2) is 28.9 Å². The second-order valence-corrected chi connectivity index (χ2v) is 3.01. The SMILES string of the molecule is O=C(O)Cc1coc2ccc(O)cc12. The van der Waals surface area contributed by atoms with Crippen molar-refractivity contribution in [3.63, 3.8) is 0 Å². The average molecular weight is 192 g/mol. The lowest BCUT2D eigenvalue weighted by Crippen LogP contribution is -1.98. The van der Waals surface area contributed by atoms with Gasteiger partial charge in [-0.1, -0.05) is 0 Å². The van der Waals surface area contributed by atoms with E-state index >= 15 is 0 Å². The number of furan rings is 1. The summed E-state index contributed by atoms with van der Waals surface area (Å²) >= 11 is 0. The largest absolute Gasteiger partial charge is 0.508 e. The first-order valence-electron chi connectivity index (χ1n) is 4.07. The molecular formula is C10H8O4. The Morgan fingerprint density at radius 2 is 2.21 bits per heavy atom. The van der Waals surface area contributed by atoms with Gasteiger partial charge in [0.05, 0.1) is 12.7 Å². The van der Waals surface area contributed by atoms with Gasteiger partial charge in [0.15, 0.2) is 0 Å². The van der Waals surface area contributed by atoms with Crippen LogP contribution in [0.25, 0.3) is 11.0 Å². The molecule has 0 unspecified atom stereocenters. The maximum absolute atomic E-state index is 10.5. The average Bonchev–Trinajstić information content (AvgIpc) is 2.47. The molecule has 0 fully saturated rings. The summed E-state index contributed by atoms with van der Waals surface area (Å²) < 4.78 is 5.13. The lowest BCUT2D eigenvalue weighted by molar-refractivity contribution is -0.136. The van der Waals surface area contributed by atoms with Crippen LogP contribution in [-0.2, 0) is 11.2 Å². The van der Waals surface area contributed by atoms with Crippen LogP contribution < -0.4 is 0 Å². The molecule has 0 spiro atoms. The van der Waals surface area contributed by atoms with Gasteiger partial charge in [-0.15, -0.1) is 0 Å². The Morgan fingerprint density at radius 3 is 2.93 bits per heavy atom. The molecule has 4 heteroatoms. The number of carbonyl (C=O) groups is 1. The fourth-order valence-electron chi connectivity index (χ4n) is 1.37. The molecule has 2 aromatic rings.